The van der Waals surface area contributed by atoms with E-state index in [1.54, 1.807) is 17.1 Å². The van der Waals surface area contributed by atoms with Crippen LogP contribution in [0, 0.1) is 6.92 Å². The average Bonchev–Trinajstić information content (AvgIpc) is 3.08. The van der Waals surface area contributed by atoms with Gasteiger partial charge < -0.3 is 4.74 Å². The van der Waals surface area contributed by atoms with Crippen LogP contribution in [0.2, 0.25) is 0 Å². The van der Waals surface area contributed by atoms with Crippen LogP contribution in [0.3, 0.4) is 0 Å². The van der Waals surface area contributed by atoms with Crippen molar-refractivity contribution < 1.29 is 4.74 Å². The fraction of sp³-hybridized carbons (Fsp3) is 0.158. The van der Waals surface area contributed by atoms with E-state index in [0.29, 0.717) is 30.2 Å². The summed E-state index contributed by atoms with van der Waals surface area (Å²) in [4.78, 5) is 16.8. The van der Waals surface area contributed by atoms with Crippen molar-refractivity contribution in [2.75, 3.05) is 0 Å². The Balaban J connectivity index is 1.48. The van der Waals surface area contributed by atoms with E-state index in [1.165, 1.54) is 10.5 Å². The average molecular weight is 426 g/mol. The monoisotopic (exact) mass is 425 g/mol. The molecule has 0 unspecified atom stereocenters. The molecule has 4 rings (SSSR count). The number of rotatable bonds is 5. The summed E-state index contributed by atoms with van der Waals surface area (Å²) in [6.45, 7) is 2.61. The lowest BCUT2D eigenvalue weighted by atomic mass is 10.3. The molecule has 136 valence electrons. The summed E-state index contributed by atoms with van der Waals surface area (Å²) < 4.78 is 9.85. The number of halogens is 1. The van der Waals surface area contributed by atoms with Gasteiger partial charge >= 0.3 is 0 Å². The van der Waals surface area contributed by atoms with E-state index in [4.69, 9.17) is 4.74 Å². The van der Waals surface area contributed by atoms with Crippen molar-refractivity contribution >= 4 is 21.6 Å². The number of aryl methyl sites for hydroxylation is 1. The molecule has 0 aliphatic heterocycles. The minimum Gasteiger partial charge on any atom is -0.487 e. The van der Waals surface area contributed by atoms with Gasteiger partial charge in [-0.15, -0.1) is 5.10 Å². The maximum Gasteiger partial charge on any atom is 0.258 e. The molecule has 0 aliphatic carbocycles. The third kappa shape index (κ3) is 4.06. The fourth-order valence-corrected chi connectivity index (χ4v) is 3.08. The van der Waals surface area contributed by atoms with Crippen LogP contribution >= 0.6 is 15.9 Å². The first-order valence-electron chi connectivity index (χ1n) is 8.33. The van der Waals surface area contributed by atoms with E-state index in [1.807, 2.05) is 43.3 Å². The van der Waals surface area contributed by atoms with Crippen molar-refractivity contribution in [2.24, 2.45) is 0 Å². The maximum atomic E-state index is 12.3. The van der Waals surface area contributed by atoms with Gasteiger partial charge in [0.05, 0.1) is 18.4 Å². The molecule has 1 aromatic carbocycles. The molecule has 0 N–H and O–H groups in total. The van der Waals surface area contributed by atoms with Crippen LogP contribution in [0.1, 0.15) is 17.0 Å². The molecule has 3 heterocycles. The van der Waals surface area contributed by atoms with E-state index in [-0.39, 0.29) is 5.56 Å². The lowest BCUT2D eigenvalue weighted by Gasteiger charge is -2.05. The van der Waals surface area contributed by atoms with Crippen LogP contribution in [0.15, 0.2) is 64.1 Å². The van der Waals surface area contributed by atoms with Crippen LogP contribution in [-0.2, 0) is 13.2 Å². The van der Waals surface area contributed by atoms with E-state index in [2.05, 4.69) is 31.2 Å². The number of hydrogen-bond acceptors (Lipinski definition) is 5. The van der Waals surface area contributed by atoms with Gasteiger partial charge in [-0.2, -0.15) is 0 Å². The highest BCUT2D eigenvalue weighted by molar-refractivity contribution is 9.10. The first kappa shape index (κ1) is 17.4. The Hall–Kier alpha value is -3.00. The molecule has 7 nitrogen and oxygen atoms in total. The molecule has 8 heteroatoms. The Kier molecular flexibility index (Phi) is 4.72. The molecule has 0 radical (unpaired) electrons. The van der Waals surface area contributed by atoms with E-state index >= 15 is 0 Å². The van der Waals surface area contributed by atoms with E-state index in [0.717, 1.165) is 15.8 Å². The van der Waals surface area contributed by atoms with Crippen LogP contribution in [0.5, 0.6) is 5.75 Å². The number of aromatic nitrogens is 5. The Morgan fingerprint density at radius 3 is 2.85 bits per heavy atom. The van der Waals surface area contributed by atoms with Gasteiger partial charge in [0.2, 0.25) is 0 Å². The van der Waals surface area contributed by atoms with E-state index in [9.17, 15) is 4.79 Å². The number of nitrogens with zero attached hydrogens (tertiary/aromatic N) is 5. The maximum absolute atomic E-state index is 12.3. The van der Waals surface area contributed by atoms with E-state index < -0.39 is 0 Å². The zero-order valence-electron chi connectivity index (χ0n) is 14.5. The summed E-state index contributed by atoms with van der Waals surface area (Å²) in [5.74, 6) is 0.749. The molecule has 0 saturated heterocycles. The molecule has 4 aromatic rings. The summed E-state index contributed by atoms with van der Waals surface area (Å²) in [5, 5.41) is 8.21. The fourth-order valence-electron chi connectivity index (χ4n) is 2.70. The van der Waals surface area contributed by atoms with Crippen molar-refractivity contribution in [3.63, 3.8) is 0 Å². The Morgan fingerprint density at radius 1 is 1.11 bits per heavy atom. The Bertz CT molecular complexity index is 1170. The third-order valence-corrected chi connectivity index (χ3v) is 4.45. The number of fused-ring (bicyclic) bond motifs is 1. The predicted molar refractivity (Wildman–Crippen MR) is 104 cm³/mol. The zero-order chi connectivity index (χ0) is 18.8. The summed E-state index contributed by atoms with van der Waals surface area (Å²) in [5.41, 5.74) is 2.83. The molecular weight excluding hydrogens is 410 g/mol. The summed E-state index contributed by atoms with van der Waals surface area (Å²) in [6.07, 6.45) is 3.57. The van der Waals surface area contributed by atoms with Crippen molar-refractivity contribution in [2.45, 2.75) is 20.1 Å². The topological polar surface area (TPSA) is 74.3 Å². The van der Waals surface area contributed by atoms with Crippen LogP contribution in [-0.4, -0.2) is 24.4 Å². The number of hydrogen-bond donors (Lipinski definition) is 0. The van der Waals surface area contributed by atoms with Gasteiger partial charge in [-0.05, 0) is 36.8 Å². The zero-order valence-corrected chi connectivity index (χ0v) is 16.1. The van der Waals surface area contributed by atoms with Crippen molar-refractivity contribution in [1.82, 2.24) is 24.4 Å². The largest absolute Gasteiger partial charge is 0.487 e. The lowest BCUT2D eigenvalue weighted by Crippen LogP contribution is -2.17. The number of benzene rings is 1. The van der Waals surface area contributed by atoms with Gasteiger partial charge in [-0.3, -0.25) is 9.20 Å². The second-order valence-electron chi connectivity index (χ2n) is 6.17. The summed E-state index contributed by atoms with van der Waals surface area (Å²) in [6, 6.07) is 12.9. The Labute approximate surface area is 163 Å². The first-order chi connectivity index (χ1) is 13.1. The molecule has 0 spiro atoms. The highest BCUT2D eigenvalue weighted by atomic mass is 79.9. The summed E-state index contributed by atoms with van der Waals surface area (Å²) in [7, 11) is 0. The molecule has 3 aromatic heterocycles. The van der Waals surface area contributed by atoms with Crippen molar-refractivity contribution in [3.8, 4) is 5.75 Å². The van der Waals surface area contributed by atoms with Gasteiger partial charge in [-0.1, -0.05) is 33.3 Å². The molecule has 0 amide bonds. The van der Waals surface area contributed by atoms with Crippen LogP contribution < -0.4 is 10.3 Å². The molecule has 0 bridgehead atoms. The highest BCUT2D eigenvalue weighted by Gasteiger charge is 2.07. The molecule has 0 fully saturated rings. The molecule has 0 aliphatic rings. The predicted octanol–water partition coefficient (Wildman–Crippen LogP) is 2.98. The van der Waals surface area contributed by atoms with Crippen LogP contribution in [0.25, 0.3) is 5.65 Å². The molecule has 0 saturated carbocycles. The van der Waals surface area contributed by atoms with Crippen molar-refractivity contribution in [1.29, 1.82) is 0 Å². The van der Waals surface area contributed by atoms with Gasteiger partial charge in [0.25, 0.3) is 5.56 Å². The molecular formula is C19H16BrN5O2. The summed E-state index contributed by atoms with van der Waals surface area (Å²) >= 11 is 3.41. The Morgan fingerprint density at radius 2 is 2.00 bits per heavy atom. The minimum absolute atomic E-state index is 0.114. The highest BCUT2D eigenvalue weighted by Crippen LogP contribution is 2.18. The minimum atomic E-state index is -0.114. The quantitative estimate of drug-likeness (QED) is 0.491. The van der Waals surface area contributed by atoms with Crippen molar-refractivity contribution in [3.05, 3.63) is 86.6 Å². The second kappa shape index (κ2) is 7.32. The lowest BCUT2D eigenvalue weighted by molar-refractivity contribution is 0.301. The smallest absolute Gasteiger partial charge is 0.258 e. The number of ether oxygens (including phenoxy) is 1. The van der Waals surface area contributed by atoms with Gasteiger partial charge in [0.15, 0.2) is 0 Å². The first-order valence-corrected chi connectivity index (χ1v) is 9.12. The molecule has 0 atom stereocenters. The van der Waals surface area contributed by atoms with Gasteiger partial charge in [-0.25, -0.2) is 9.67 Å². The third-order valence-electron chi connectivity index (χ3n) is 3.95. The standard InChI is InChI=1S/C19H16BrN5O2/c1-13-5-6-18-21-15(8-19(26)25(18)9-13)10-24-11-16(22-23-24)12-27-17-4-2-3-14(20)7-17/h2-9,11H,10,12H2,1H3. The van der Waals surface area contributed by atoms with Gasteiger partial charge in [0.1, 0.15) is 23.7 Å². The normalized spacial score (nSPS) is 11.0. The van der Waals surface area contributed by atoms with Crippen LogP contribution in [0.4, 0.5) is 0 Å². The second-order valence-corrected chi connectivity index (χ2v) is 7.09. The van der Waals surface area contributed by atoms with Gasteiger partial charge in [0, 0.05) is 16.7 Å². The number of pyridine rings is 1. The molecule has 27 heavy (non-hydrogen) atoms. The SMILES string of the molecule is Cc1ccc2nc(Cn3cc(COc4cccc(Br)c4)nn3)cc(=O)n2c1.